The Morgan fingerprint density at radius 1 is 1.38 bits per heavy atom. The number of benzene rings is 1. The Morgan fingerprint density at radius 2 is 1.92 bits per heavy atom. The Morgan fingerprint density at radius 3 is 2.46 bits per heavy atom. The monoisotopic (exact) mass is 203 g/mol. The van der Waals surface area contributed by atoms with E-state index in [4.69, 9.17) is 5.73 Å². The maximum Gasteiger partial charge on any atom is 0.160 e. The minimum absolute atomic E-state index is 0.0788. The van der Waals surface area contributed by atoms with Gasteiger partial charge in [-0.3, -0.25) is 0 Å². The van der Waals surface area contributed by atoms with E-state index in [0.29, 0.717) is 11.3 Å². The summed E-state index contributed by atoms with van der Waals surface area (Å²) in [5.74, 6) is -1.74. The third kappa shape index (κ3) is 2.16. The molecule has 0 aliphatic carbocycles. The Bertz CT molecular complexity index is 315. The molecule has 0 fully saturated rings. The maximum atomic E-state index is 12.8. The highest BCUT2D eigenvalue weighted by molar-refractivity contribution is 7.17. The molecule has 0 aromatic heterocycles. The SMILES string of the molecule is CCC(P)c1cc(F)c(F)cc1N. The molecule has 13 heavy (non-hydrogen) atoms. The molecular formula is C9H12F2NP. The second kappa shape index (κ2) is 4.01. The number of nitrogens with two attached hydrogens (primary N) is 1. The molecule has 72 valence electrons. The molecular weight excluding hydrogens is 191 g/mol. The summed E-state index contributed by atoms with van der Waals surface area (Å²) in [5, 5.41) is 0. The van der Waals surface area contributed by atoms with Crippen molar-refractivity contribution in [3.05, 3.63) is 29.3 Å². The zero-order chi connectivity index (χ0) is 10.0. The number of hydrogen-bond acceptors (Lipinski definition) is 1. The molecule has 1 aromatic rings. The van der Waals surface area contributed by atoms with Crippen molar-refractivity contribution in [2.45, 2.75) is 19.0 Å². The van der Waals surface area contributed by atoms with E-state index in [1.165, 1.54) is 0 Å². The Hall–Kier alpha value is -0.690. The zero-order valence-electron chi connectivity index (χ0n) is 7.35. The van der Waals surface area contributed by atoms with E-state index < -0.39 is 11.6 Å². The van der Waals surface area contributed by atoms with Crippen LogP contribution in [0.5, 0.6) is 0 Å². The Kier molecular flexibility index (Phi) is 3.21. The van der Waals surface area contributed by atoms with Crippen LogP contribution in [-0.4, -0.2) is 0 Å². The molecule has 0 bridgehead atoms. The number of rotatable bonds is 2. The molecule has 1 aromatic carbocycles. The third-order valence-electron chi connectivity index (χ3n) is 1.97. The van der Waals surface area contributed by atoms with Crippen molar-refractivity contribution in [1.82, 2.24) is 0 Å². The first-order chi connectivity index (χ1) is 6.06. The summed E-state index contributed by atoms with van der Waals surface area (Å²) in [6, 6.07) is 2.18. The van der Waals surface area contributed by atoms with Gasteiger partial charge < -0.3 is 5.73 Å². The molecule has 2 atom stereocenters. The first kappa shape index (κ1) is 10.4. The van der Waals surface area contributed by atoms with E-state index in [9.17, 15) is 8.78 Å². The first-order valence-electron chi connectivity index (χ1n) is 4.06. The van der Waals surface area contributed by atoms with Gasteiger partial charge in [-0.25, -0.2) is 8.78 Å². The van der Waals surface area contributed by atoms with Crippen LogP contribution < -0.4 is 5.73 Å². The summed E-state index contributed by atoms with van der Waals surface area (Å²) in [4.78, 5) is 0. The van der Waals surface area contributed by atoms with Gasteiger partial charge in [0.2, 0.25) is 0 Å². The molecule has 0 heterocycles. The van der Waals surface area contributed by atoms with Gasteiger partial charge in [-0.15, -0.1) is 9.24 Å². The predicted molar refractivity (Wildman–Crippen MR) is 53.5 cm³/mol. The van der Waals surface area contributed by atoms with Crippen molar-refractivity contribution in [3.63, 3.8) is 0 Å². The summed E-state index contributed by atoms with van der Waals surface area (Å²) < 4.78 is 25.5. The average Bonchev–Trinajstić information content (AvgIpc) is 2.10. The van der Waals surface area contributed by atoms with E-state index in [0.717, 1.165) is 18.6 Å². The van der Waals surface area contributed by atoms with Gasteiger partial charge >= 0.3 is 0 Å². The minimum Gasteiger partial charge on any atom is -0.398 e. The lowest BCUT2D eigenvalue weighted by Gasteiger charge is -2.12. The fraction of sp³-hybridized carbons (Fsp3) is 0.333. The lowest BCUT2D eigenvalue weighted by atomic mass is 10.1. The summed E-state index contributed by atoms with van der Waals surface area (Å²) in [7, 11) is 2.55. The lowest BCUT2D eigenvalue weighted by Crippen LogP contribution is -1.99. The van der Waals surface area contributed by atoms with Gasteiger partial charge in [-0.2, -0.15) is 0 Å². The van der Waals surface area contributed by atoms with Crippen molar-refractivity contribution in [1.29, 1.82) is 0 Å². The van der Waals surface area contributed by atoms with Crippen LogP contribution in [0.1, 0.15) is 24.6 Å². The number of halogens is 2. The largest absolute Gasteiger partial charge is 0.398 e. The normalized spacial score (nSPS) is 12.9. The van der Waals surface area contributed by atoms with Crippen molar-refractivity contribution in [3.8, 4) is 0 Å². The summed E-state index contributed by atoms with van der Waals surface area (Å²) >= 11 is 0. The molecule has 0 radical (unpaired) electrons. The second-order valence-electron chi connectivity index (χ2n) is 2.91. The number of anilines is 1. The quantitative estimate of drug-likeness (QED) is 0.580. The van der Waals surface area contributed by atoms with Gasteiger partial charge in [0.1, 0.15) is 0 Å². The van der Waals surface area contributed by atoms with Gasteiger partial charge in [0.05, 0.1) is 0 Å². The smallest absolute Gasteiger partial charge is 0.160 e. The topological polar surface area (TPSA) is 26.0 Å². The van der Waals surface area contributed by atoms with Crippen LogP contribution in [0.15, 0.2) is 12.1 Å². The fourth-order valence-corrected chi connectivity index (χ4v) is 1.41. The zero-order valence-corrected chi connectivity index (χ0v) is 8.50. The second-order valence-corrected chi connectivity index (χ2v) is 3.71. The molecule has 1 nitrogen and oxygen atoms in total. The van der Waals surface area contributed by atoms with Gasteiger partial charge in [-0.1, -0.05) is 6.92 Å². The van der Waals surface area contributed by atoms with Crippen LogP contribution >= 0.6 is 9.24 Å². The average molecular weight is 203 g/mol. The molecule has 0 amide bonds. The number of nitrogen functional groups attached to an aromatic ring is 1. The Labute approximate surface area is 78.5 Å². The molecule has 1 rings (SSSR count). The summed E-state index contributed by atoms with van der Waals surface area (Å²) in [5.41, 5.74) is 6.58. The highest BCUT2D eigenvalue weighted by Crippen LogP contribution is 2.31. The molecule has 0 saturated carbocycles. The van der Waals surface area contributed by atoms with Crippen LogP contribution in [-0.2, 0) is 0 Å². The van der Waals surface area contributed by atoms with Crippen molar-refractivity contribution >= 4 is 14.9 Å². The summed E-state index contributed by atoms with van der Waals surface area (Å²) in [6.07, 6.45) is 0.819. The highest BCUT2D eigenvalue weighted by Gasteiger charge is 2.11. The van der Waals surface area contributed by atoms with Crippen molar-refractivity contribution in [2.24, 2.45) is 0 Å². The van der Waals surface area contributed by atoms with E-state index in [1.54, 1.807) is 0 Å². The van der Waals surface area contributed by atoms with Crippen molar-refractivity contribution in [2.75, 3.05) is 5.73 Å². The number of hydrogen-bond donors (Lipinski definition) is 1. The summed E-state index contributed by atoms with van der Waals surface area (Å²) in [6.45, 7) is 1.96. The van der Waals surface area contributed by atoms with Gasteiger partial charge in [0, 0.05) is 17.4 Å². The van der Waals surface area contributed by atoms with E-state index in [1.807, 2.05) is 6.92 Å². The minimum atomic E-state index is -0.894. The van der Waals surface area contributed by atoms with E-state index in [-0.39, 0.29) is 5.66 Å². The molecule has 0 spiro atoms. The van der Waals surface area contributed by atoms with Crippen molar-refractivity contribution < 1.29 is 8.78 Å². The Balaban J connectivity index is 3.15. The van der Waals surface area contributed by atoms with Gasteiger partial charge in [0.25, 0.3) is 0 Å². The molecule has 2 N–H and O–H groups in total. The molecule has 0 aliphatic rings. The van der Waals surface area contributed by atoms with Crippen LogP contribution in [0, 0.1) is 11.6 Å². The maximum absolute atomic E-state index is 12.8. The van der Waals surface area contributed by atoms with E-state index >= 15 is 0 Å². The van der Waals surface area contributed by atoms with E-state index in [2.05, 4.69) is 9.24 Å². The third-order valence-corrected chi connectivity index (χ3v) is 2.80. The molecule has 0 aliphatic heterocycles. The van der Waals surface area contributed by atoms with Crippen LogP contribution in [0.2, 0.25) is 0 Å². The van der Waals surface area contributed by atoms with Crippen LogP contribution in [0.3, 0.4) is 0 Å². The fourth-order valence-electron chi connectivity index (χ4n) is 1.12. The standard InChI is InChI=1S/C9H12F2NP/c1-2-9(13)5-3-6(10)7(11)4-8(5)12/h3-4,9H,2,12-13H2,1H3. The first-order valence-corrected chi connectivity index (χ1v) is 4.73. The van der Waals surface area contributed by atoms with Crippen LogP contribution in [0.4, 0.5) is 14.5 Å². The van der Waals surface area contributed by atoms with Crippen LogP contribution in [0.25, 0.3) is 0 Å². The van der Waals surface area contributed by atoms with Gasteiger partial charge in [-0.05, 0) is 18.1 Å². The molecule has 2 unspecified atom stereocenters. The van der Waals surface area contributed by atoms with Gasteiger partial charge in [0.15, 0.2) is 11.6 Å². The highest BCUT2D eigenvalue weighted by atomic mass is 31.0. The predicted octanol–water partition coefficient (Wildman–Crippen LogP) is 2.87. The molecule has 0 saturated heterocycles. The molecule has 4 heteroatoms. The lowest BCUT2D eigenvalue weighted by molar-refractivity contribution is 0.507.